The zero-order valence-corrected chi connectivity index (χ0v) is 16.0. The number of hydrogen-bond acceptors (Lipinski definition) is 6. The van der Waals surface area contributed by atoms with Crippen molar-refractivity contribution in [2.45, 2.75) is 52.9 Å². The quantitative estimate of drug-likeness (QED) is 0.813. The normalized spacial score (nSPS) is 21.2. The molecule has 144 valence electrons. The minimum atomic E-state index is -0.940. The molecule has 8 heteroatoms. The van der Waals surface area contributed by atoms with Crippen molar-refractivity contribution in [3.8, 4) is 0 Å². The molecule has 1 aromatic rings. The molecule has 1 N–H and O–H groups in total. The zero-order valence-electron chi connectivity index (χ0n) is 16.0. The Morgan fingerprint density at radius 2 is 1.73 bits per heavy atom. The third-order valence-corrected chi connectivity index (χ3v) is 4.39. The van der Waals surface area contributed by atoms with Crippen LogP contribution < -0.4 is 0 Å². The molecule has 1 amide bonds. The van der Waals surface area contributed by atoms with Crippen LogP contribution in [0.2, 0.25) is 0 Å². The van der Waals surface area contributed by atoms with Gasteiger partial charge in [0.25, 0.3) is 5.91 Å². The number of nitrogens with zero attached hydrogens (tertiary/aromatic N) is 1. The van der Waals surface area contributed by atoms with Gasteiger partial charge in [0.2, 0.25) is 0 Å². The molecule has 1 aromatic heterocycles. The lowest BCUT2D eigenvalue weighted by molar-refractivity contribution is -0.151. The van der Waals surface area contributed by atoms with Gasteiger partial charge in [0.15, 0.2) is 6.10 Å². The van der Waals surface area contributed by atoms with E-state index in [-0.39, 0.29) is 23.8 Å². The number of carbonyl (C=O) groups is 3. The lowest BCUT2D eigenvalue weighted by atomic mass is 10.1. The number of esters is 2. The third-order valence-electron chi connectivity index (χ3n) is 4.39. The number of nitrogens with one attached hydrogen (secondary N) is 1. The van der Waals surface area contributed by atoms with Crippen LogP contribution in [-0.2, 0) is 19.0 Å². The van der Waals surface area contributed by atoms with E-state index in [4.69, 9.17) is 14.2 Å². The summed E-state index contributed by atoms with van der Waals surface area (Å²) in [5, 5.41) is 0. The van der Waals surface area contributed by atoms with Crippen molar-refractivity contribution in [3.05, 3.63) is 22.5 Å². The number of carbonyl (C=O) groups excluding carboxylic acids is 3. The second-order valence-corrected chi connectivity index (χ2v) is 6.66. The Kier molecular flexibility index (Phi) is 6.07. The molecule has 8 nitrogen and oxygen atoms in total. The molecule has 3 atom stereocenters. The van der Waals surface area contributed by atoms with Crippen LogP contribution in [0, 0.1) is 13.8 Å². The van der Waals surface area contributed by atoms with Crippen LogP contribution >= 0.6 is 0 Å². The average molecular weight is 366 g/mol. The van der Waals surface area contributed by atoms with E-state index in [1.165, 1.54) is 14.0 Å². The maximum atomic E-state index is 12.6. The van der Waals surface area contributed by atoms with E-state index in [0.717, 1.165) is 0 Å². The van der Waals surface area contributed by atoms with Crippen molar-refractivity contribution in [2.75, 3.05) is 20.2 Å². The van der Waals surface area contributed by atoms with Gasteiger partial charge in [-0.25, -0.2) is 9.59 Å². The van der Waals surface area contributed by atoms with Crippen molar-refractivity contribution in [1.29, 1.82) is 0 Å². The minimum absolute atomic E-state index is 0.0680. The monoisotopic (exact) mass is 366 g/mol. The molecule has 0 radical (unpaired) electrons. The Balaban J connectivity index is 2.10. The van der Waals surface area contributed by atoms with E-state index in [2.05, 4.69) is 4.98 Å². The van der Waals surface area contributed by atoms with Gasteiger partial charge in [-0.15, -0.1) is 0 Å². The molecular weight excluding hydrogens is 340 g/mol. The Labute approximate surface area is 152 Å². The van der Waals surface area contributed by atoms with Gasteiger partial charge in [-0.05, 0) is 40.2 Å². The largest absolute Gasteiger partial charge is 0.465 e. The number of amides is 1. The number of methoxy groups -OCH3 is 1. The summed E-state index contributed by atoms with van der Waals surface area (Å²) in [5.74, 6) is -1.49. The molecule has 2 rings (SSSR count). The molecule has 0 spiro atoms. The predicted molar refractivity (Wildman–Crippen MR) is 93.1 cm³/mol. The maximum absolute atomic E-state index is 12.6. The molecule has 1 fully saturated rings. The van der Waals surface area contributed by atoms with E-state index in [1.54, 1.807) is 18.7 Å². The van der Waals surface area contributed by atoms with Gasteiger partial charge in [-0.1, -0.05) is 0 Å². The van der Waals surface area contributed by atoms with Crippen LogP contribution in [0.3, 0.4) is 0 Å². The highest BCUT2D eigenvalue weighted by molar-refractivity contribution is 5.99. The number of aryl methyl sites for hydroxylation is 1. The Hall–Kier alpha value is -2.35. The summed E-state index contributed by atoms with van der Waals surface area (Å²) in [4.78, 5) is 41.4. The first-order valence-corrected chi connectivity index (χ1v) is 8.58. The zero-order chi connectivity index (χ0) is 19.6. The van der Waals surface area contributed by atoms with E-state index in [0.29, 0.717) is 29.9 Å². The van der Waals surface area contributed by atoms with Gasteiger partial charge < -0.3 is 24.1 Å². The lowest BCUT2D eigenvalue weighted by Crippen LogP contribution is -2.51. The molecule has 1 saturated heterocycles. The molecule has 0 unspecified atom stereocenters. The Bertz CT molecular complexity index is 701. The van der Waals surface area contributed by atoms with Crippen molar-refractivity contribution >= 4 is 17.8 Å². The number of aromatic nitrogens is 1. The average Bonchev–Trinajstić information content (AvgIpc) is 2.87. The van der Waals surface area contributed by atoms with Crippen LogP contribution in [0.5, 0.6) is 0 Å². The van der Waals surface area contributed by atoms with E-state index in [1.807, 2.05) is 13.8 Å². The summed E-state index contributed by atoms with van der Waals surface area (Å²) in [6.45, 7) is 9.54. The van der Waals surface area contributed by atoms with E-state index in [9.17, 15) is 14.4 Å². The molecule has 0 saturated carbocycles. The molecule has 1 aliphatic heterocycles. The molecule has 26 heavy (non-hydrogen) atoms. The second kappa shape index (κ2) is 7.90. The van der Waals surface area contributed by atoms with Gasteiger partial charge in [0, 0.05) is 18.8 Å². The standard InChI is InChI=1S/C18H26N2O6/c1-9-7-20(8-10(2)25-9)16(21)13(5)26-18(23)15-11(3)14(12(4)19-15)17(22)24-6/h9-10,13,19H,7-8H2,1-6H3/t9-,10-,13+/m0/s1. The third kappa shape index (κ3) is 4.07. The summed E-state index contributed by atoms with van der Waals surface area (Å²) in [6, 6.07) is 0. The lowest BCUT2D eigenvalue weighted by Gasteiger charge is -2.36. The van der Waals surface area contributed by atoms with Gasteiger partial charge >= 0.3 is 11.9 Å². The van der Waals surface area contributed by atoms with Crippen LogP contribution in [0.25, 0.3) is 0 Å². The summed E-state index contributed by atoms with van der Waals surface area (Å²) in [7, 11) is 1.28. The first kappa shape index (κ1) is 20.0. The summed E-state index contributed by atoms with van der Waals surface area (Å²) in [6.07, 6.45) is -1.08. The maximum Gasteiger partial charge on any atom is 0.355 e. The van der Waals surface area contributed by atoms with Gasteiger partial charge in [0.1, 0.15) is 5.69 Å². The van der Waals surface area contributed by atoms with Crippen LogP contribution in [0.1, 0.15) is 52.9 Å². The SMILES string of the molecule is COC(=O)c1c(C)[nH]c(C(=O)O[C@H](C)C(=O)N2C[C@H](C)O[C@@H](C)C2)c1C. The van der Waals surface area contributed by atoms with Gasteiger partial charge in [0.05, 0.1) is 24.9 Å². The van der Waals surface area contributed by atoms with Crippen molar-refractivity contribution < 1.29 is 28.6 Å². The molecule has 0 aromatic carbocycles. The molecule has 2 heterocycles. The first-order chi connectivity index (χ1) is 12.1. The van der Waals surface area contributed by atoms with Crippen molar-refractivity contribution in [3.63, 3.8) is 0 Å². The number of rotatable bonds is 4. The van der Waals surface area contributed by atoms with Crippen LogP contribution in [0.15, 0.2) is 0 Å². The number of hydrogen-bond donors (Lipinski definition) is 1. The van der Waals surface area contributed by atoms with E-state index < -0.39 is 18.0 Å². The fraction of sp³-hybridized carbons (Fsp3) is 0.611. The fourth-order valence-electron chi connectivity index (χ4n) is 3.25. The highest BCUT2D eigenvalue weighted by atomic mass is 16.5. The molecular formula is C18H26N2O6. The second-order valence-electron chi connectivity index (χ2n) is 6.66. The first-order valence-electron chi connectivity index (χ1n) is 8.58. The highest BCUT2D eigenvalue weighted by Crippen LogP contribution is 2.20. The van der Waals surface area contributed by atoms with Crippen molar-refractivity contribution in [1.82, 2.24) is 9.88 Å². The minimum Gasteiger partial charge on any atom is -0.465 e. The number of ether oxygens (including phenoxy) is 3. The Morgan fingerprint density at radius 3 is 2.27 bits per heavy atom. The van der Waals surface area contributed by atoms with E-state index >= 15 is 0 Å². The number of morpholine rings is 1. The number of H-pyrrole nitrogens is 1. The van der Waals surface area contributed by atoms with Gasteiger partial charge in [-0.3, -0.25) is 4.79 Å². The van der Waals surface area contributed by atoms with Crippen LogP contribution in [-0.4, -0.2) is 66.2 Å². The van der Waals surface area contributed by atoms with Crippen LogP contribution in [0.4, 0.5) is 0 Å². The molecule has 0 aliphatic carbocycles. The van der Waals surface area contributed by atoms with Crippen molar-refractivity contribution in [2.24, 2.45) is 0 Å². The summed E-state index contributed by atoms with van der Waals surface area (Å²) < 4.78 is 15.7. The summed E-state index contributed by atoms with van der Waals surface area (Å²) >= 11 is 0. The number of aromatic amines is 1. The fourth-order valence-corrected chi connectivity index (χ4v) is 3.25. The van der Waals surface area contributed by atoms with Gasteiger partial charge in [-0.2, -0.15) is 0 Å². The predicted octanol–water partition coefficient (Wildman–Crippen LogP) is 1.60. The smallest absolute Gasteiger partial charge is 0.355 e. The molecule has 1 aliphatic rings. The highest BCUT2D eigenvalue weighted by Gasteiger charge is 2.31. The topological polar surface area (TPSA) is 97.9 Å². The molecule has 0 bridgehead atoms. The Morgan fingerprint density at radius 1 is 1.15 bits per heavy atom. The summed E-state index contributed by atoms with van der Waals surface area (Å²) in [5.41, 5.74) is 1.39.